The Morgan fingerprint density at radius 3 is 2.15 bits per heavy atom. The number of amides is 1. The summed E-state index contributed by atoms with van der Waals surface area (Å²) < 4.78 is 5.36. The smallest absolute Gasteiger partial charge is 0.228 e. The zero-order valence-corrected chi connectivity index (χ0v) is 16.2. The summed E-state index contributed by atoms with van der Waals surface area (Å²) in [5.74, 6) is -0.0271. The van der Waals surface area contributed by atoms with Gasteiger partial charge < -0.3 is 15.8 Å². The summed E-state index contributed by atoms with van der Waals surface area (Å²) >= 11 is 0. The minimum atomic E-state index is -0.0271. The second kappa shape index (κ2) is 11.0. The van der Waals surface area contributed by atoms with Gasteiger partial charge in [0.1, 0.15) is 0 Å². The number of carbonyl (C=O) groups is 1. The first-order valence-electron chi connectivity index (χ1n) is 8.22. The molecule has 1 fully saturated rings. The second-order valence-electron chi connectivity index (χ2n) is 6.05. The summed E-state index contributed by atoms with van der Waals surface area (Å²) in [5, 5.41) is 2.93. The first kappa shape index (κ1) is 22.3. The first-order chi connectivity index (χ1) is 11.7. The molecule has 3 N–H and O–H groups in total. The lowest BCUT2D eigenvalue weighted by atomic mass is 10.1. The van der Waals surface area contributed by atoms with Crippen LogP contribution in [0.3, 0.4) is 0 Å². The molecule has 1 heterocycles. The van der Waals surface area contributed by atoms with E-state index in [4.69, 9.17) is 10.5 Å². The largest absolute Gasteiger partial charge is 0.399 e. The molecule has 0 unspecified atom stereocenters. The topological polar surface area (TPSA) is 67.6 Å². The van der Waals surface area contributed by atoms with Crippen LogP contribution in [-0.2, 0) is 22.5 Å². The molecule has 1 aliphatic heterocycles. The Kier molecular flexibility index (Phi) is 9.44. The summed E-state index contributed by atoms with van der Waals surface area (Å²) in [7, 11) is 0. The van der Waals surface area contributed by atoms with Crippen LogP contribution in [0.25, 0.3) is 0 Å². The monoisotopic (exact) mass is 397 g/mol. The van der Waals surface area contributed by atoms with Gasteiger partial charge in [0.05, 0.1) is 19.6 Å². The van der Waals surface area contributed by atoms with E-state index in [9.17, 15) is 4.79 Å². The van der Waals surface area contributed by atoms with E-state index in [2.05, 4.69) is 22.3 Å². The molecule has 2 aromatic carbocycles. The highest BCUT2D eigenvalue weighted by Crippen LogP contribution is 2.13. The molecule has 7 heteroatoms. The van der Waals surface area contributed by atoms with Crippen molar-refractivity contribution in [2.45, 2.75) is 13.0 Å². The van der Waals surface area contributed by atoms with Crippen molar-refractivity contribution in [1.82, 2.24) is 4.90 Å². The van der Waals surface area contributed by atoms with Gasteiger partial charge in [0.2, 0.25) is 5.91 Å². The van der Waals surface area contributed by atoms with Gasteiger partial charge in [0.15, 0.2) is 0 Å². The molecular formula is C19H25Cl2N3O2. The Bertz CT molecular complexity index is 672. The molecule has 0 atom stereocenters. The molecule has 0 aromatic heterocycles. The Morgan fingerprint density at radius 2 is 1.54 bits per heavy atom. The van der Waals surface area contributed by atoms with Crippen LogP contribution in [0.4, 0.5) is 11.4 Å². The first-order valence-corrected chi connectivity index (χ1v) is 8.22. The summed E-state index contributed by atoms with van der Waals surface area (Å²) in [5.41, 5.74) is 9.37. The normalized spacial score (nSPS) is 14.0. The number of ether oxygens (including phenoxy) is 1. The molecule has 1 amide bonds. The van der Waals surface area contributed by atoms with E-state index in [1.807, 2.05) is 36.4 Å². The van der Waals surface area contributed by atoms with Gasteiger partial charge in [-0.3, -0.25) is 9.69 Å². The number of halogens is 2. The van der Waals surface area contributed by atoms with E-state index in [-0.39, 0.29) is 30.7 Å². The maximum Gasteiger partial charge on any atom is 0.228 e. The lowest BCUT2D eigenvalue weighted by molar-refractivity contribution is -0.115. The third kappa shape index (κ3) is 6.84. The van der Waals surface area contributed by atoms with Crippen molar-refractivity contribution in [2.75, 3.05) is 37.4 Å². The summed E-state index contributed by atoms with van der Waals surface area (Å²) in [6.45, 7) is 4.47. The number of nitrogen functional groups attached to an aromatic ring is 1. The lowest BCUT2D eigenvalue weighted by Crippen LogP contribution is -2.35. The van der Waals surface area contributed by atoms with Crippen LogP contribution in [-0.4, -0.2) is 37.1 Å². The van der Waals surface area contributed by atoms with E-state index in [0.717, 1.165) is 44.1 Å². The van der Waals surface area contributed by atoms with Crippen molar-refractivity contribution in [3.05, 3.63) is 59.7 Å². The van der Waals surface area contributed by atoms with Crippen molar-refractivity contribution >= 4 is 42.1 Å². The van der Waals surface area contributed by atoms with Gasteiger partial charge >= 0.3 is 0 Å². The molecule has 0 spiro atoms. The van der Waals surface area contributed by atoms with Gasteiger partial charge in [-0.2, -0.15) is 0 Å². The zero-order chi connectivity index (χ0) is 16.8. The quantitative estimate of drug-likeness (QED) is 0.760. The average Bonchev–Trinajstić information content (AvgIpc) is 2.60. The molecule has 0 aliphatic carbocycles. The van der Waals surface area contributed by atoms with Crippen molar-refractivity contribution in [3.8, 4) is 0 Å². The van der Waals surface area contributed by atoms with E-state index in [1.165, 1.54) is 5.56 Å². The highest BCUT2D eigenvalue weighted by atomic mass is 35.5. The Labute approximate surface area is 166 Å². The van der Waals surface area contributed by atoms with E-state index >= 15 is 0 Å². The zero-order valence-electron chi connectivity index (χ0n) is 14.5. The van der Waals surface area contributed by atoms with Crippen LogP contribution < -0.4 is 11.1 Å². The Hall–Kier alpha value is -1.79. The van der Waals surface area contributed by atoms with Crippen LogP contribution in [0.2, 0.25) is 0 Å². The van der Waals surface area contributed by atoms with Crippen LogP contribution in [0.5, 0.6) is 0 Å². The molecule has 5 nitrogen and oxygen atoms in total. The molecule has 0 bridgehead atoms. The minimum Gasteiger partial charge on any atom is -0.399 e. The van der Waals surface area contributed by atoms with Gasteiger partial charge in [0.25, 0.3) is 0 Å². The maximum atomic E-state index is 12.1. The average molecular weight is 398 g/mol. The fourth-order valence-electron chi connectivity index (χ4n) is 2.74. The number of hydrogen-bond acceptors (Lipinski definition) is 4. The molecule has 0 radical (unpaired) electrons. The number of morpholine rings is 1. The van der Waals surface area contributed by atoms with Crippen LogP contribution in [0, 0.1) is 0 Å². The lowest BCUT2D eigenvalue weighted by Gasteiger charge is -2.26. The van der Waals surface area contributed by atoms with Gasteiger partial charge in [0, 0.05) is 31.0 Å². The number of hydrogen-bond donors (Lipinski definition) is 2. The highest BCUT2D eigenvalue weighted by molar-refractivity contribution is 5.92. The van der Waals surface area contributed by atoms with Gasteiger partial charge in [-0.25, -0.2) is 0 Å². The fourth-order valence-corrected chi connectivity index (χ4v) is 2.74. The number of benzene rings is 2. The SMILES string of the molecule is Cl.Cl.Nc1ccc(CC(=O)Nc2ccc(CN3CCOCC3)cc2)cc1. The molecule has 142 valence electrons. The second-order valence-corrected chi connectivity index (χ2v) is 6.05. The number of anilines is 2. The molecule has 1 saturated heterocycles. The summed E-state index contributed by atoms with van der Waals surface area (Å²) in [6, 6.07) is 15.4. The fraction of sp³-hybridized carbons (Fsp3) is 0.316. The van der Waals surface area contributed by atoms with Crippen LogP contribution in [0.1, 0.15) is 11.1 Å². The number of nitrogens with zero attached hydrogens (tertiary/aromatic N) is 1. The molecular weight excluding hydrogens is 373 g/mol. The van der Waals surface area contributed by atoms with Gasteiger partial charge in [-0.1, -0.05) is 24.3 Å². The number of nitrogens with two attached hydrogens (primary N) is 1. The molecule has 26 heavy (non-hydrogen) atoms. The Morgan fingerprint density at radius 1 is 0.962 bits per heavy atom. The van der Waals surface area contributed by atoms with Crippen LogP contribution in [0.15, 0.2) is 48.5 Å². The van der Waals surface area contributed by atoms with E-state index in [0.29, 0.717) is 12.1 Å². The van der Waals surface area contributed by atoms with E-state index < -0.39 is 0 Å². The third-order valence-electron chi connectivity index (χ3n) is 4.09. The van der Waals surface area contributed by atoms with Gasteiger partial charge in [-0.15, -0.1) is 24.8 Å². The molecule has 3 rings (SSSR count). The summed E-state index contributed by atoms with van der Waals surface area (Å²) in [4.78, 5) is 14.5. The molecule has 2 aromatic rings. The standard InChI is InChI=1S/C19H23N3O2.2ClH/c20-17-5-1-15(2-6-17)13-19(23)21-18-7-3-16(4-8-18)14-22-9-11-24-12-10-22;;/h1-8H,9-14,20H2,(H,21,23);2*1H. The maximum absolute atomic E-state index is 12.1. The van der Waals surface area contributed by atoms with E-state index in [1.54, 1.807) is 0 Å². The van der Waals surface area contributed by atoms with Crippen molar-refractivity contribution in [3.63, 3.8) is 0 Å². The van der Waals surface area contributed by atoms with Crippen molar-refractivity contribution < 1.29 is 9.53 Å². The minimum absolute atomic E-state index is 0. The summed E-state index contributed by atoms with van der Waals surface area (Å²) in [6.07, 6.45) is 0.343. The number of carbonyl (C=O) groups excluding carboxylic acids is 1. The number of nitrogens with one attached hydrogen (secondary N) is 1. The predicted octanol–water partition coefficient (Wildman–Crippen LogP) is 3.13. The van der Waals surface area contributed by atoms with Crippen LogP contribution >= 0.6 is 24.8 Å². The molecule has 1 aliphatic rings. The predicted molar refractivity (Wildman–Crippen MR) is 110 cm³/mol. The van der Waals surface area contributed by atoms with Crippen molar-refractivity contribution in [1.29, 1.82) is 0 Å². The molecule has 0 saturated carbocycles. The Balaban J connectivity index is 0.00000169. The van der Waals surface area contributed by atoms with Crippen molar-refractivity contribution in [2.24, 2.45) is 0 Å². The highest BCUT2D eigenvalue weighted by Gasteiger charge is 2.10. The number of rotatable bonds is 5. The third-order valence-corrected chi connectivity index (χ3v) is 4.09. The van der Waals surface area contributed by atoms with Gasteiger partial charge in [-0.05, 0) is 35.4 Å².